The van der Waals surface area contributed by atoms with Crippen molar-refractivity contribution in [1.29, 1.82) is 0 Å². The van der Waals surface area contributed by atoms with Crippen LogP contribution < -0.4 is 4.90 Å². The molecular formula is C14H19NO2. The summed E-state index contributed by atoms with van der Waals surface area (Å²) in [5.41, 5.74) is 3.21. The van der Waals surface area contributed by atoms with Crippen molar-refractivity contribution in [3.63, 3.8) is 0 Å². The van der Waals surface area contributed by atoms with Crippen molar-refractivity contribution in [3.8, 4) is 0 Å². The fourth-order valence-corrected chi connectivity index (χ4v) is 2.34. The van der Waals surface area contributed by atoms with E-state index < -0.39 is 0 Å². The number of aryl methyl sites for hydroxylation is 1. The highest BCUT2D eigenvalue weighted by atomic mass is 16.5. The van der Waals surface area contributed by atoms with Gasteiger partial charge in [0.2, 0.25) is 0 Å². The van der Waals surface area contributed by atoms with Gasteiger partial charge in [-0.3, -0.25) is 0 Å². The van der Waals surface area contributed by atoms with E-state index in [0.29, 0.717) is 12.2 Å². The zero-order chi connectivity index (χ0) is 12.3. The molecule has 0 aromatic heterocycles. The molecule has 1 heterocycles. The highest BCUT2D eigenvalue weighted by molar-refractivity contribution is 5.90. The van der Waals surface area contributed by atoms with Crippen molar-refractivity contribution >= 4 is 11.7 Å². The zero-order valence-electron chi connectivity index (χ0n) is 10.5. The van der Waals surface area contributed by atoms with Crippen molar-refractivity contribution in [2.24, 2.45) is 0 Å². The lowest BCUT2D eigenvalue weighted by molar-refractivity contribution is 0.0526. The van der Waals surface area contributed by atoms with Crippen LogP contribution in [0.5, 0.6) is 0 Å². The molecule has 0 aliphatic carbocycles. The van der Waals surface area contributed by atoms with Crippen molar-refractivity contribution in [3.05, 3.63) is 29.3 Å². The molecular weight excluding hydrogens is 214 g/mol. The van der Waals surface area contributed by atoms with E-state index in [1.807, 2.05) is 25.1 Å². The van der Waals surface area contributed by atoms with E-state index in [1.165, 1.54) is 11.3 Å². The molecule has 0 saturated carbocycles. The lowest BCUT2D eigenvalue weighted by Crippen LogP contribution is -2.29. The van der Waals surface area contributed by atoms with Gasteiger partial charge in [0.25, 0.3) is 0 Å². The van der Waals surface area contributed by atoms with E-state index in [2.05, 4.69) is 11.8 Å². The van der Waals surface area contributed by atoms with E-state index in [9.17, 15) is 4.79 Å². The second-order valence-corrected chi connectivity index (χ2v) is 4.25. The van der Waals surface area contributed by atoms with E-state index in [-0.39, 0.29) is 5.97 Å². The molecule has 0 saturated heterocycles. The predicted octanol–water partition coefficient (Wildman–Crippen LogP) is 2.64. The Bertz CT molecular complexity index is 415. The summed E-state index contributed by atoms with van der Waals surface area (Å²) in [4.78, 5) is 14.0. The minimum atomic E-state index is -0.219. The van der Waals surface area contributed by atoms with Gasteiger partial charge in [0, 0.05) is 18.8 Å². The van der Waals surface area contributed by atoms with Gasteiger partial charge in [-0.15, -0.1) is 0 Å². The number of nitrogens with zero attached hydrogens (tertiary/aromatic N) is 1. The fourth-order valence-electron chi connectivity index (χ4n) is 2.34. The molecule has 1 aliphatic rings. The Morgan fingerprint density at radius 2 is 2.24 bits per heavy atom. The monoisotopic (exact) mass is 233 g/mol. The average molecular weight is 233 g/mol. The van der Waals surface area contributed by atoms with Gasteiger partial charge in [-0.2, -0.15) is 0 Å². The number of carbonyl (C=O) groups is 1. The van der Waals surface area contributed by atoms with Gasteiger partial charge in [-0.05, 0) is 50.5 Å². The minimum Gasteiger partial charge on any atom is -0.462 e. The first-order valence-electron chi connectivity index (χ1n) is 6.31. The molecule has 2 rings (SSSR count). The molecule has 0 fully saturated rings. The molecule has 3 nitrogen and oxygen atoms in total. The number of carbonyl (C=O) groups excluding carboxylic acids is 1. The number of ether oxygens (including phenoxy) is 1. The number of fused-ring (bicyclic) bond motifs is 1. The third-order valence-electron chi connectivity index (χ3n) is 3.19. The van der Waals surface area contributed by atoms with Crippen LogP contribution in [0, 0.1) is 0 Å². The van der Waals surface area contributed by atoms with E-state index in [0.717, 1.165) is 25.9 Å². The van der Waals surface area contributed by atoms with Crippen LogP contribution in [0.2, 0.25) is 0 Å². The van der Waals surface area contributed by atoms with Crippen LogP contribution in [-0.2, 0) is 11.2 Å². The van der Waals surface area contributed by atoms with Gasteiger partial charge in [0.1, 0.15) is 0 Å². The Hall–Kier alpha value is -1.51. The molecule has 1 aromatic rings. The highest BCUT2D eigenvalue weighted by Gasteiger charge is 2.17. The van der Waals surface area contributed by atoms with Gasteiger partial charge in [0.05, 0.1) is 12.2 Å². The molecule has 0 spiro atoms. The van der Waals surface area contributed by atoms with Gasteiger partial charge in [0.15, 0.2) is 0 Å². The Kier molecular flexibility index (Phi) is 3.67. The summed E-state index contributed by atoms with van der Waals surface area (Å²) in [7, 11) is 0. The summed E-state index contributed by atoms with van der Waals surface area (Å²) in [6.07, 6.45) is 2.21. The van der Waals surface area contributed by atoms with Gasteiger partial charge in [-0.1, -0.05) is 0 Å². The van der Waals surface area contributed by atoms with E-state index >= 15 is 0 Å². The molecule has 0 unspecified atom stereocenters. The number of hydrogen-bond acceptors (Lipinski definition) is 3. The van der Waals surface area contributed by atoms with Crippen LogP contribution in [0.15, 0.2) is 18.2 Å². The largest absolute Gasteiger partial charge is 0.462 e. The molecule has 3 heteroatoms. The van der Waals surface area contributed by atoms with Crippen LogP contribution in [0.3, 0.4) is 0 Å². The molecule has 0 radical (unpaired) electrons. The van der Waals surface area contributed by atoms with Crippen LogP contribution in [0.25, 0.3) is 0 Å². The Morgan fingerprint density at radius 3 is 2.94 bits per heavy atom. The summed E-state index contributed by atoms with van der Waals surface area (Å²) in [6.45, 7) is 6.55. The second-order valence-electron chi connectivity index (χ2n) is 4.25. The molecule has 17 heavy (non-hydrogen) atoms. The van der Waals surface area contributed by atoms with Crippen LogP contribution in [0.1, 0.15) is 36.2 Å². The Labute approximate surface area is 102 Å². The first kappa shape index (κ1) is 12.0. The first-order chi connectivity index (χ1) is 8.26. The minimum absolute atomic E-state index is 0.219. The number of esters is 1. The van der Waals surface area contributed by atoms with Gasteiger partial charge >= 0.3 is 5.97 Å². The maximum Gasteiger partial charge on any atom is 0.338 e. The molecule has 1 aliphatic heterocycles. The second kappa shape index (κ2) is 5.21. The molecule has 0 bridgehead atoms. The third-order valence-corrected chi connectivity index (χ3v) is 3.19. The van der Waals surface area contributed by atoms with Crippen LogP contribution >= 0.6 is 0 Å². The number of rotatable bonds is 3. The van der Waals surface area contributed by atoms with Crippen molar-refractivity contribution in [2.45, 2.75) is 26.7 Å². The summed E-state index contributed by atoms with van der Waals surface area (Å²) in [6, 6.07) is 5.89. The molecule has 1 aromatic carbocycles. The van der Waals surface area contributed by atoms with Gasteiger partial charge in [-0.25, -0.2) is 4.79 Å². The number of benzene rings is 1. The molecule has 92 valence electrons. The zero-order valence-corrected chi connectivity index (χ0v) is 10.5. The number of anilines is 1. The van der Waals surface area contributed by atoms with Crippen molar-refractivity contribution in [2.75, 3.05) is 24.6 Å². The fraction of sp³-hybridized carbons (Fsp3) is 0.500. The van der Waals surface area contributed by atoms with Crippen molar-refractivity contribution in [1.82, 2.24) is 0 Å². The maximum atomic E-state index is 11.6. The Balaban J connectivity index is 2.27. The number of hydrogen-bond donors (Lipinski definition) is 0. The quantitative estimate of drug-likeness (QED) is 0.752. The lowest BCUT2D eigenvalue weighted by atomic mass is 9.99. The molecule has 0 N–H and O–H groups in total. The molecule has 0 amide bonds. The summed E-state index contributed by atoms with van der Waals surface area (Å²) < 4.78 is 5.02. The summed E-state index contributed by atoms with van der Waals surface area (Å²) in [5.74, 6) is -0.219. The first-order valence-corrected chi connectivity index (χ1v) is 6.31. The summed E-state index contributed by atoms with van der Waals surface area (Å²) in [5, 5.41) is 0. The van der Waals surface area contributed by atoms with E-state index in [1.54, 1.807) is 0 Å². The SMILES string of the molecule is CCOC(=O)c1ccc2c(c1)CCCN2CC. The smallest absolute Gasteiger partial charge is 0.338 e. The standard InChI is InChI=1S/C14H19NO2/c1-3-15-9-5-6-11-10-12(7-8-13(11)15)14(16)17-4-2/h7-8,10H,3-6,9H2,1-2H3. The third kappa shape index (κ3) is 2.43. The normalized spacial score (nSPS) is 14.4. The maximum absolute atomic E-state index is 11.6. The van der Waals surface area contributed by atoms with Crippen molar-refractivity contribution < 1.29 is 9.53 Å². The van der Waals surface area contributed by atoms with Crippen LogP contribution in [0.4, 0.5) is 5.69 Å². The predicted molar refractivity (Wildman–Crippen MR) is 68.6 cm³/mol. The van der Waals surface area contributed by atoms with Gasteiger partial charge < -0.3 is 9.64 Å². The lowest BCUT2D eigenvalue weighted by Gasteiger charge is -2.30. The summed E-state index contributed by atoms with van der Waals surface area (Å²) >= 11 is 0. The van der Waals surface area contributed by atoms with Crippen LogP contribution in [-0.4, -0.2) is 25.7 Å². The topological polar surface area (TPSA) is 29.5 Å². The molecule has 0 atom stereocenters. The Morgan fingerprint density at radius 1 is 1.41 bits per heavy atom. The van der Waals surface area contributed by atoms with E-state index in [4.69, 9.17) is 4.74 Å². The highest BCUT2D eigenvalue weighted by Crippen LogP contribution is 2.27. The average Bonchev–Trinajstić information content (AvgIpc) is 2.37.